The maximum Gasteiger partial charge on any atom is 0.240 e. The van der Waals surface area contributed by atoms with Gasteiger partial charge in [0.2, 0.25) is 10.0 Å². The number of sulfonamides is 1. The van der Waals surface area contributed by atoms with Crippen LogP contribution < -0.4 is 10.0 Å². The van der Waals surface area contributed by atoms with Crippen LogP contribution in [0.2, 0.25) is 0 Å². The van der Waals surface area contributed by atoms with Gasteiger partial charge >= 0.3 is 0 Å². The van der Waals surface area contributed by atoms with Crippen LogP contribution in [-0.4, -0.2) is 20.5 Å². The largest absolute Gasteiger partial charge is 0.375 e. The van der Waals surface area contributed by atoms with Crippen molar-refractivity contribution in [1.82, 2.24) is 4.72 Å². The third-order valence-corrected chi connectivity index (χ3v) is 9.35. The summed E-state index contributed by atoms with van der Waals surface area (Å²) in [4.78, 5) is 0.294. The summed E-state index contributed by atoms with van der Waals surface area (Å²) in [6.45, 7) is 4.83. The molecule has 0 aromatic heterocycles. The number of benzene rings is 3. The van der Waals surface area contributed by atoms with E-state index in [1.54, 1.807) is 24.3 Å². The zero-order valence-corrected chi connectivity index (χ0v) is 22.6. The summed E-state index contributed by atoms with van der Waals surface area (Å²) in [6.07, 6.45) is 6.91. The second-order valence-electron chi connectivity index (χ2n) is 9.64. The lowest BCUT2D eigenvalue weighted by Gasteiger charge is -2.39. The lowest BCUT2D eigenvalue weighted by Crippen LogP contribution is -2.40. The van der Waals surface area contributed by atoms with Gasteiger partial charge in [-0.25, -0.2) is 13.1 Å². The zero-order valence-electron chi connectivity index (χ0n) is 20.2. The summed E-state index contributed by atoms with van der Waals surface area (Å²) < 4.78 is 28.9. The smallest absolute Gasteiger partial charge is 0.240 e. The molecular weight excluding hydrogens is 520 g/mol. The Morgan fingerprint density at radius 3 is 2.60 bits per heavy atom. The van der Waals surface area contributed by atoms with E-state index in [0.717, 1.165) is 36.6 Å². The van der Waals surface area contributed by atoms with Gasteiger partial charge in [-0.1, -0.05) is 53.2 Å². The number of anilines is 1. The topological polar surface area (TPSA) is 58.2 Å². The van der Waals surface area contributed by atoms with E-state index < -0.39 is 10.0 Å². The molecule has 1 atom stereocenters. The van der Waals surface area contributed by atoms with Crippen molar-refractivity contribution in [3.05, 3.63) is 93.0 Å². The van der Waals surface area contributed by atoms with E-state index in [2.05, 4.69) is 82.3 Å². The average molecular weight is 552 g/mol. The van der Waals surface area contributed by atoms with Crippen LogP contribution in [0.1, 0.15) is 60.4 Å². The normalized spacial score (nSPS) is 18.3. The molecule has 3 aromatic carbocycles. The number of rotatable bonds is 8. The third kappa shape index (κ3) is 4.72. The number of nitrogens with one attached hydrogen (secondary N) is 2. The van der Waals surface area contributed by atoms with Crippen LogP contribution >= 0.6 is 15.9 Å². The van der Waals surface area contributed by atoms with E-state index in [4.69, 9.17) is 0 Å². The molecule has 182 valence electrons. The predicted octanol–water partition coefficient (Wildman–Crippen LogP) is 6.93. The van der Waals surface area contributed by atoms with Gasteiger partial charge in [-0.05, 0) is 102 Å². The Labute approximate surface area is 217 Å². The molecule has 0 spiro atoms. The van der Waals surface area contributed by atoms with Crippen LogP contribution in [0.15, 0.2) is 70.0 Å². The van der Waals surface area contributed by atoms with Crippen molar-refractivity contribution in [3.8, 4) is 0 Å². The van der Waals surface area contributed by atoms with Gasteiger partial charge in [-0.2, -0.15) is 0 Å². The highest BCUT2D eigenvalue weighted by molar-refractivity contribution is 9.10. The molecule has 0 amide bonds. The van der Waals surface area contributed by atoms with Crippen molar-refractivity contribution >= 4 is 43.3 Å². The predicted molar refractivity (Wildman–Crippen MR) is 148 cm³/mol. The molecule has 6 heteroatoms. The quantitative estimate of drug-likeness (QED) is 0.299. The first-order valence-electron chi connectivity index (χ1n) is 12.3. The first kappa shape index (κ1) is 24.3. The zero-order chi connectivity index (χ0) is 24.6. The average Bonchev–Trinajstić information content (AvgIpc) is 3.04. The number of hydrogen-bond acceptors (Lipinski definition) is 3. The van der Waals surface area contributed by atoms with Gasteiger partial charge in [0.05, 0.1) is 10.4 Å². The fraction of sp³-hybridized carbons (Fsp3) is 0.310. The monoisotopic (exact) mass is 550 g/mol. The lowest BCUT2D eigenvalue weighted by atomic mass is 9.76. The molecule has 0 saturated heterocycles. The highest BCUT2D eigenvalue weighted by atomic mass is 79.9. The van der Waals surface area contributed by atoms with E-state index in [1.807, 2.05) is 0 Å². The lowest BCUT2D eigenvalue weighted by molar-refractivity contribution is 0.491. The van der Waals surface area contributed by atoms with Gasteiger partial charge in [0.15, 0.2) is 0 Å². The summed E-state index contributed by atoms with van der Waals surface area (Å²) in [5.41, 5.74) is 9.05. The molecule has 2 N–H and O–H groups in total. The Balaban J connectivity index is 1.35. The van der Waals surface area contributed by atoms with Crippen LogP contribution in [-0.2, 0) is 16.4 Å². The maximum absolute atomic E-state index is 12.6. The summed E-state index contributed by atoms with van der Waals surface area (Å²) in [5.74, 6) is 0. The third-order valence-electron chi connectivity index (χ3n) is 7.34. The highest BCUT2D eigenvalue weighted by Crippen LogP contribution is 2.47. The Morgan fingerprint density at radius 2 is 1.83 bits per heavy atom. The minimum Gasteiger partial charge on any atom is -0.375 e. The van der Waals surface area contributed by atoms with Crippen LogP contribution in [0.25, 0.3) is 11.6 Å². The van der Waals surface area contributed by atoms with E-state index in [9.17, 15) is 8.42 Å². The van der Waals surface area contributed by atoms with Crippen molar-refractivity contribution in [2.45, 2.75) is 56.4 Å². The van der Waals surface area contributed by atoms with E-state index >= 15 is 0 Å². The van der Waals surface area contributed by atoms with Crippen LogP contribution in [0, 0.1) is 6.92 Å². The number of halogens is 1. The van der Waals surface area contributed by atoms with Gasteiger partial charge in [0.25, 0.3) is 0 Å². The van der Waals surface area contributed by atoms with Gasteiger partial charge < -0.3 is 5.32 Å². The van der Waals surface area contributed by atoms with Gasteiger partial charge in [-0.15, -0.1) is 0 Å². The molecule has 0 fully saturated rings. The fourth-order valence-corrected chi connectivity index (χ4v) is 6.81. The van der Waals surface area contributed by atoms with E-state index in [0.29, 0.717) is 11.4 Å². The molecular formula is C29H31BrN2O2S. The van der Waals surface area contributed by atoms with E-state index in [-0.39, 0.29) is 5.54 Å². The minimum atomic E-state index is -3.50. The highest BCUT2D eigenvalue weighted by Gasteiger charge is 2.38. The van der Waals surface area contributed by atoms with Gasteiger partial charge in [0.1, 0.15) is 0 Å². The SMILES string of the molecule is CC[C@@]1(CCCCNS(=O)(=O)c2ccc(Br)cc2)Nc2cc(C)cc3c2Cc2ccccc2C1=C3. The molecule has 2 aliphatic rings. The van der Waals surface area contributed by atoms with Crippen LogP contribution in [0.4, 0.5) is 5.69 Å². The Hall–Kier alpha value is -2.41. The molecule has 3 aromatic rings. The number of hydrogen-bond donors (Lipinski definition) is 2. The molecule has 0 radical (unpaired) electrons. The standard InChI is InChI=1S/C29H31BrN2O2S/c1-3-29(14-6-7-15-31-35(33,34)24-12-10-23(30)11-13-24)27-19-22-16-20(2)17-28(32-29)26(22)18-21-8-4-5-9-25(21)27/h4-5,8-13,16-17,19,31-32H,3,6-7,14-15,18H2,1-2H3/t29-/m0/s1. The van der Waals surface area contributed by atoms with Gasteiger partial charge in [0, 0.05) is 23.1 Å². The van der Waals surface area contributed by atoms with Crippen molar-refractivity contribution in [3.63, 3.8) is 0 Å². The van der Waals surface area contributed by atoms with Crippen molar-refractivity contribution in [2.24, 2.45) is 0 Å². The summed E-state index contributed by atoms with van der Waals surface area (Å²) in [7, 11) is -3.50. The molecule has 0 unspecified atom stereocenters. The molecule has 0 saturated carbocycles. The second kappa shape index (κ2) is 9.57. The summed E-state index contributed by atoms with van der Waals surface area (Å²) in [6, 6.07) is 20.1. The fourth-order valence-electron chi connectivity index (χ4n) is 5.47. The molecule has 4 nitrogen and oxygen atoms in total. The molecule has 1 heterocycles. The second-order valence-corrected chi connectivity index (χ2v) is 12.3. The molecule has 1 aliphatic heterocycles. The number of fused-ring (bicyclic) bond motifs is 2. The van der Waals surface area contributed by atoms with Crippen LogP contribution in [0.5, 0.6) is 0 Å². The number of unbranched alkanes of at least 4 members (excludes halogenated alkanes) is 1. The van der Waals surface area contributed by atoms with E-state index in [1.165, 1.54) is 39.1 Å². The summed E-state index contributed by atoms with van der Waals surface area (Å²) >= 11 is 3.35. The van der Waals surface area contributed by atoms with Crippen molar-refractivity contribution in [2.75, 3.05) is 11.9 Å². The minimum absolute atomic E-state index is 0.196. The van der Waals surface area contributed by atoms with Gasteiger partial charge in [-0.3, -0.25) is 0 Å². The first-order valence-corrected chi connectivity index (χ1v) is 14.6. The Morgan fingerprint density at radius 1 is 1.06 bits per heavy atom. The maximum atomic E-state index is 12.6. The van der Waals surface area contributed by atoms with Crippen LogP contribution in [0.3, 0.4) is 0 Å². The number of aryl methyl sites for hydroxylation is 1. The molecule has 4 bridgehead atoms. The molecule has 1 aliphatic carbocycles. The Bertz CT molecular complexity index is 1400. The molecule has 5 rings (SSSR count). The first-order chi connectivity index (χ1) is 16.8. The van der Waals surface area contributed by atoms with Crippen molar-refractivity contribution < 1.29 is 8.42 Å². The van der Waals surface area contributed by atoms with Crippen molar-refractivity contribution in [1.29, 1.82) is 0 Å². The Kier molecular flexibility index (Phi) is 6.64. The molecule has 35 heavy (non-hydrogen) atoms. The summed E-state index contributed by atoms with van der Waals surface area (Å²) in [5, 5.41) is 3.97.